The Morgan fingerprint density at radius 1 is 0.463 bits per heavy atom. The molecule has 0 atom stereocenters. The summed E-state index contributed by atoms with van der Waals surface area (Å²) < 4.78 is 11.0. The fourth-order valence-electron chi connectivity index (χ4n) is 8.91. The number of carbonyl (C=O) groups excluding carboxylic acids is 4. The molecule has 54 heavy (non-hydrogen) atoms. The van der Waals surface area contributed by atoms with E-state index < -0.39 is 0 Å². The van der Waals surface area contributed by atoms with E-state index in [2.05, 4.69) is 6.92 Å². The first kappa shape index (κ1) is 35.5. The van der Waals surface area contributed by atoms with E-state index in [1.54, 1.807) is 14.2 Å². The standard InChI is InChI=1S/C46H46N2O6/c1-4-5-6-7-8-9-10-11-12-13-26-47-43(49)33-21-17-29-31-19-23-35-41-36(24-20-32(39(31)41)30-18-22-34(44(47)50)40(33)38(29)30)46(52)48(45(35)51)27-25-28-15-14-16-37(53-2)42(28)54-3/h14-24H,4-13,25-27H2,1-3H3. The predicted octanol–water partition coefficient (Wildman–Crippen LogP) is 10.1. The minimum absolute atomic E-state index is 0.178. The van der Waals surface area contributed by atoms with Crippen LogP contribution in [0.5, 0.6) is 11.5 Å². The minimum Gasteiger partial charge on any atom is -0.493 e. The lowest BCUT2D eigenvalue weighted by Crippen LogP contribution is -2.41. The molecule has 0 saturated carbocycles. The van der Waals surface area contributed by atoms with Crippen LogP contribution in [0.4, 0.5) is 0 Å². The van der Waals surface area contributed by atoms with Gasteiger partial charge in [-0.1, -0.05) is 101 Å². The number of imide groups is 2. The van der Waals surface area contributed by atoms with Crippen molar-refractivity contribution in [2.24, 2.45) is 0 Å². The van der Waals surface area contributed by atoms with E-state index in [4.69, 9.17) is 9.47 Å². The highest BCUT2D eigenvalue weighted by molar-refractivity contribution is 6.41. The summed E-state index contributed by atoms with van der Waals surface area (Å²) >= 11 is 0. The van der Waals surface area contributed by atoms with Crippen molar-refractivity contribution in [1.82, 2.24) is 9.80 Å². The summed E-state index contributed by atoms with van der Waals surface area (Å²) in [6.07, 6.45) is 12.2. The Morgan fingerprint density at radius 3 is 1.31 bits per heavy atom. The molecule has 276 valence electrons. The average Bonchev–Trinajstić information content (AvgIpc) is 3.19. The second-order valence-electron chi connectivity index (χ2n) is 14.8. The predicted molar refractivity (Wildman–Crippen MR) is 213 cm³/mol. The van der Waals surface area contributed by atoms with Gasteiger partial charge in [-0.05, 0) is 81.1 Å². The van der Waals surface area contributed by atoms with Crippen LogP contribution < -0.4 is 9.47 Å². The number of rotatable bonds is 16. The molecule has 0 unspecified atom stereocenters. The third-order valence-corrected chi connectivity index (χ3v) is 11.6. The van der Waals surface area contributed by atoms with Crippen LogP contribution in [0.2, 0.25) is 0 Å². The topological polar surface area (TPSA) is 93.2 Å². The number of fused-ring (bicyclic) bond motifs is 2. The molecule has 8 nitrogen and oxygen atoms in total. The van der Waals surface area contributed by atoms with Crippen LogP contribution in [0.1, 0.15) is 118 Å². The fourth-order valence-corrected chi connectivity index (χ4v) is 8.91. The maximum atomic E-state index is 14.1. The molecular formula is C46H46N2O6. The lowest BCUT2D eigenvalue weighted by molar-refractivity contribution is 0.0594. The van der Waals surface area contributed by atoms with Gasteiger partial charge < -0.3 is 9.47 Å². The maximum absolute atomic E-state index is 14.1. The summed E-state index contributed by atoms with van der Waals surface area (Å²) in [7, 11) is 3.15. The molecule has 8 rings (SSSR count). The van der Waals surface area contributed by atoms with Crippen LogP contribution in [0, 0.1) is 0 Å². The van der Waals surface area contributed by atoms with E-state index in [0.29, 0.717) is 57.5 Å². The number of benzene rings is 6. The van der Waals surface area contributed by atoms with Gasteiger partial charge in [-0.15, -0.1) is 0 Å². The Bertz CT molecular complexity index is 2350. The van der Waals surface area contributed by atoms with E-state index in [-0.39, 0.29) is 30.2 Å². The molecule has 6 aromatic carbocycles. The van der Waals surface area contributed by atoms with Gasteiger partial charge in [0.1, 0.15) is 0 Å². The van der Waals surface area contributed by atoms with Crippen molar-refractivity contribution in [3.63, 3.8) is 0 Å². The van der Waals surface area contributed by atoms with Crippen molar-refractivity contribution in [3.8, 4) is 11.5 Å². The minimum atomic E-state index is -0.340. The van der Waals surface area contributed by atoms with E-state index in [0.717, 1.165) is 57.1 Å². The van der Waals surface area contributed by atoms with Crippen molar-refractivity contribution in [3.05, 3.63) is 94.5 Å². The molecule has 0 saturated heterocycles. The third-order valence-electron chi connectivity index (χ3n) is 11.6. The van der Waals surface area contributed by atoms with Gasteiger partial charge in [0.25, 0.3) is 23.6 Å². The van der Waals surface area contributed by atoms with Gasteiger partial charge in [0.2, 0.25) is 0 Å². The molecule has 6 aromatic rings. The molecular weight excluding hydrogens is 677 g/mol. The van der Waals surface area contributed by atoms with Crippen molar-refractivity contribution in [1.29, 1.82) is 0 Å². The van der Waals surface area contributed by atoms with Gasteiger partial charge in [0.05, 0.1) is 14.2 Å². The molecule has 2 heterocycles. The van der Waals surface area contributed by atoms with Crippen molar-refractivity contribution in [2.45, 2.75) is 77.6 Å². The van der Waals surface area contributed by atoms with Gasteiger partial charge in [-0.25, -0.2) is 0 Å². The summed E-state index contributed by atoms with van der Waals surface area (Å²) in [5.41, 5.74) is 2.87. The van der Waals surface area contributed by atoms with E-state index >= 15 is 0 Å². The highest BCUT2D eigenvalue weighted by Gasteiger charge is 2.36. The van der Waals surface area contributed by atoms with Crippen molar-refractivity contribution >= 4 is 66.7 Å². The molecule has 0 N–H and O–H groups in total. The second-order valence-corrected chi connectivity index (χ2v) is 14.8. The second kappa shape index (κ2) is 14.7. The smallest absolute Gasteiger partial charge is 0.261 e. The Balaban J connectivity index is 1.08. The largest absolute Gasteiger partial charge is 0.493 e. The normalized spacial score (nSPS) is 14.1. The van der Waals surface area contributed by atoms with Crippen molar-refractivity contribution < 1.29 is 28.7 Å². The third kappa shape index (κ3) is 5.74. The Hall–Kier alpha value is -5.50. The van der Waals surface area contributed by atoms with Gasteiger partial charge in [0.15, 0.2) is 11.5 Å². The lowest BCUT2D eigenvalue weighted by Gasteiger charge is -2.30. The van der Waals surface area contributed by atoms with Gasteiger partial charge in [0, 0.05) is 46.1 Å². The SMILES string of the molecule is CCCCCCCCCCCCN1C(=O)c2ccc3c4ccc5c6c(ccc(c7ccc(c2c37)C1=O)c64)C(=O)N(CCc1cccc(OC)c1OC)C5=O. The Morgan fingerprint density at radius 2 is 0.889 bits per heavy atom. The van der Waals surface area contributed by atoms with Crippen LogP contribution in [-0.4, -0.2) is 60.7 Å². The Labute approximate surface area is 315 Å². The number of hydrogen-bond donors (Lipinski definition) is 0. The first-order chi connectivity index (χ1) is 26.4. The molecule has 2 aliphatic heterocycles. The molecule has 0 aliphatic carbocycles. The number of amides is 4. The van der Waals surface area contributed by atoms with Crippen LogP contribution in [-0.2, 0) is 6.42 Å². The lowest BCUT2D eigenvalue weighted by atomic mass is 9.82. The molecule has 0 radical (unpaired) electrons. The summed E-state index contributed by atoms with van der Waals surface area (Å²) in [5.74, 6) is 0.00402. The highest BCUT2D eigenvalue weighted by atomic mass is 16.5. The molecule has 0 bridgehead atoms. The van der Waals surface area contributed by atoms with Crippen LogP contribution in [0.15, 0.2) is 66.7 Å². The molecule has 0 fully saturated rings. The van der Waals surface area contributed by atoms with E-state index in [1.165, 1.54) is 54.7 Å². The van der Waals surface area contributed by atoms with Gasteiger partial charge in [-0.2, -0.15) is 0 Å². The zero-order valence-corrected chi connectivity index (χ0v) is 31.4. The van der Waals surface area contributed by atoms with Crippen LogP contribution in [0.25, 0.3) is 43.1 Å². The summed E-state index contributed by atoms with van der Waals surface area (Å²) in [4.78, 5) is 58.8. The monoisotopic (exact) mass is 722 g/mol. The first-order valence-corrected chi connectivity index (χ1v) is 19.5. The quantitative estimate of drug-likeness (QED) is 0.0427. The van der Waals surface area contributed by atoms with E-state index in [9.17, 15) is 19.2 Å². The molecule has 8 heteroatoms. The number of carbonyl (C=O) groups is 4. The van der Waals surface area contributed by atoms with Gasteiger partial charge >= 0.3 is 0 Å². The highest BCUT2D eigenvalue weighted by Crippen LogP contribution is 2.46. The number of unbranched alkanes of at least 4 members (excludes halogenated alkanes) is 9. The summed E-state index contributed by atoms with van der Waals surface area (Å²) in [6, 6.07) is 20.7. The summed E-state index contributed by atoms with van der Waals surface area (Å²) in [6.45, 7) is 2.83. The zero-order chi connectivity index (χ0) is 37.5. The van der Waals surface area contributed by atoms with Gasteiger partial charge in [-0.3, -0.25) is 29.0 Å². The molecule has 4 amide bonds. The van der Waals surface area contributed by atoms with Crippen molar-refractivity contribution in [2.75, 3.05) is 27.3 Å². The number of hydrogen-bond acceptors (Lipinski definition) is 6. The molecule has 0 aromatic heterocycles. The number of nitrogens with zero attached hydrogens (tertiary/aromatic N) is 2. The first-order valence-electron chi connectivity index (χ1n) is 19.5. The fraction of sp³-hybridized carbons (Fsp3) is 0.348. The molecule has 0 spiro atoms. The zero-order valence-electron chi connectivity index (χ0n) is 31.4. The maximum Gasteiger partial charge on any atom is 0.261 e. The van der Waals surface area contributed by atoms with Crippen LogP contribution in [0.3, 0.4) is 0 Å². The van der Waals surface area contributed by atoms with Crippen LogP contribution >= 0.6 is 0 Å². The average molecular weight is 723 g/mol. The van der Waals surface area contributed by atoms with E-state index in [1.807, 2.05) is 66.7 Å². The Kier molecular flexibility index (Phi) is 9.69. The summed E-state index contributed by atoms with van der Waals surface area (Å²) in [5, 5.41) is 6.56. The number of ether oxygens (including phenoxy) is 2. The molecule has 2 aliphatic rings. The number of methoxy groups -OCH3 is 2. The number of para-hydroxylation sites is 1.